The van der Waals surface area contributed by atoms with Gasteiger partial charge in [-0.05, 0) is 51.6 Å². The van der Waals surface area contributed by atoms with Crippen LogP contribution in [-0.4, -0.2) is 43.3 Å². The van der Waals surface area contributed by atoms with Crippen LogP contribution in [-0.2, 0) is 4.74 Å². The first-order chi connectivity index (χ1) is 8.48. The number of ether oxygens (including phenoxy) is 1. The highest BCUT2D eigenvalue weighted by Crippen LogP contribution is 2.20. The lowest BCUT2D eigenvalue weighted by atomic mass is 9.95. The molecule has 2 N–H and O–H groups in total. The van der Waals surface area contributed by atoms with Crippen LogP contribution < -0.4 is 5.73 Å². The fourth-order valence-electron chi connectivity index (χ4n) is 2.49. The summed E-state index contributed by atoms with van der Waals surface area (Å²) < 4.78 is 5.51. The largest absolute Gasteiger partial charge is 0.380 e. The average Bonchev–Trinajstić information content (AvgIpc) is 2.36. The molecular formula is C14H27N3O. The van der Waals surface area contributed by atoms with Crippen molar-refractivity contribution in [3.8, 4) is 6.07 Å². The molecule has 0 amide bonds. The molecule has 0 saturated carbocycles. The first-order valence-electron chi connectivity index (χ1n) is 6.94. The first-order valence-corrected chi connectivity index (χ1v) is 6.94. The first kappa shape index (κ1) is 15.4. The Morgan fingerprint density at radius 2 is 2.22 bits per heavy atom. The molecule has 0 aliphatic carbocycles. The van der Waals surface area contributed by atoms with E-state index in [4.69, 9.17) is 15.7 Å². The third-order valence-electron chi connectivity index (χ3n) is 3.95. The van der Waals surface area contributed by atoms with Crippen LogP contribution in [0.5, 0.6) is 0 Å². The van der Waals surface area contributed by atoms with Gasteiger partial charge in [0.25, 0.3) is 0 Å². The van der Waals surface area contributed by atoms with Gasteiger partial charge in [-0.15, -0.1) is 0 Å². The zero-order chi connectivity index (χ0) is 13.6. The molecule has 0 aromatic carbocycles. The standard InChI is InChI=1S/C14H27N3O/c1-12-6-9-17(10-13(12)18-3)8-5-4-7-14(2,16)11-15/h12-13H,4-10,16H2,1-3H3. The number of methoxy groups -OCH3 is 1. The third kappa shape index (κ3) is 4.93. The fourth-order valence-corrected chi connectivity index (χ4v) is 2.49. The molecule has 0 radical (unpaired) electrons. The number of nitriles is 1. The predicted molar refractivity (Wildman–Crippen MR) is 73.1 cm³/mol. The summed E-state index contributed by atoms with van der Waals surface area (Å²) in [5.74, 6) is 0.664. The third-order valence-corrected chi connectivity index (χ3v) is 3.95. The van der Waals surface area contributed by atoms with Crippen molar-refractivity contribution in [3.05, 3.63) is 0 Å². The van der Waals surface area contributed by atoms with Gasteiger partial charge in [0.2, 0.25) is 0 Å². The highest BCUT2D eigenvalue weighted by molar-refractivity contribution is 5.00. The number of piperidine rings is 1. The molecule has 104 valence electrons. The van der Waals surface area contributed by atoms with Gasteiger partial charge in [-0.3, -0.25) is 0 Å². The summed E-state index contributed by atoms with van der Waals surface area (Å²) >= 11 is 0. The van der Waals surface area contributed by atoms with E-state index in [0.29, 0.717) is 12.0 Å². The Morgan fingerprint density at radius 3 is 2.83 bits per heavy atom. The van der Waals surface area contributed by atoms with Gasteiger partial charge in [0, 0.05) is 13.7 Å². The van der Waals surface area contributed by atoms with Crippen molar-refractivity contribution < 1.29 is 4.74 Å². The summed E-state index contributed by atoms with van der Waals surface area (Å²) in [4.78, 5) is 2.47. The van der Waals surface area contributed by atoms with E-state index in [1.165, 1.54) is 13.0 Å². The topological polar surface area (TPSA) is 62.3 Å². The lowest BCUT2D eigenvalue weighted by Gasteiger charge is -2.36. The molecule has 18 heavy (non-hydrogen) atoms. The van der Waals surface area contributed by atoms with Gasteiger partial charge in [0.05, 0.1) is 12.2 Å². The van der Waals surface area contributed by atoms with Crippen molar-refractivity contribution in [2.45, 2.75) is 51.2 Å². The Kier molecular flexibility index (Phi) is 6.07. The maximum absolute atomic E-state index is 8.84. The van der Waals surface area contributed by atoms with Crippen LogP contribution in [0.15, 0.2) is 0 Å². The normalized spacial score (nSPS) is 28.6. The molecule has 0 bridgehead atoms. The van der Waals surface area contributed by atoms with Gasteiger partial charge in [-0.1, -0.05) is 6.92 Å². The molecule has 1 heterocycles. The minimum Gasteiger partial charge on any atom is -0.380 e. The minimum absolute atomic E-state index is 0.373. The van der Waals surface area contributed by atoms with Crippen LogP contribution in [0.1, 0.15) is 39.5 Å². The molecule has 1 rings (SSSR count). The van der Waals surface area contributed by atoms with E-state index in [1.807, 2.05) is 0 Å². The summed E-state index contributed by atoms with van der Waals surface area (Å²) in [6.45, 7) is 7.36. The number of hydrogen-bond donors (Lipinski definition) is 1. The van der Waals surface area contributed by atoms with Crippen LogP contribution >= 0.6 is 0 Å². The highest BCUT2D eigenvalue weighted by Gasteiger charge is 2.25. The Labute approximate surface area is 111 Å². The van der Waals surface area contributed by atoms with Crippen molar-refractivity contribution >= 4 is 0 Å². The second-order valence-corrected chi connectivity index (χ2v) is 5.83. The molecule has 3 atom stereocenters. The number of hydrogen-bond acceptors (Lipinski definition) is 4. The van der Waals surface area contributed by atoms with Crippen molar-refractivity contribution in [1.29, 1.82) is 5.26 Å². The molecule has 3 unspecified atom stereocenters. The number of rotatable bonds is 6. The number of nitrogens with zero attached hydrogens (tertiary/aromatic N) is 2. The summed E-state index contributed by atoms with van der Waals surface area (Å²) in [6, 6.07) is 2.15. The van der Waals surface area contributed by atoms with Gasteiger partial charge in [0.15, 0.2) is 0 Å². The number of nitrogens with two attached hydrogens (primary N) is 1. The van der Waals surface area contributed by atoms with Crippen molar-refractivity contribution in [3.63, 3.8) is 0 Å². The average molecular weight is 253 g/mol. The fraction of sp³-hybridized carbons (Fsp3) is 0.929. The second kappa shape index (κ2) is 7.08. The van der Waals surface area contributed by atoms with E-state index < -0.39 is 5.54 Å². The summed E-state index contributed by atoms with van der Waals surface area (Å²) in [5, 5.41) is 8.84. The Balaban J connectivity index is 2.19. The highest BCUT2D eigenvalue weighted by atomic mass is 16.5. The van der Waals surface area contributed by atoms with Crippen LogP contribution in [0, 0.1) is 17.2 Å². The Bertz CT molecular complexity index is 285. The van der Waals surface area contributed by atoms with Gasteiger partial charge < -0.3 is 15.4 Å². The lowest BCUT2D eigenvalue weighted by Crippen LogP contribution is -2.44. The summed E-state index contributed by atoms with van der Waals surface area (Å²) in [5.41, 5.74) is 5.14. The van der Waals surface area contributed by atoms with Gasteiger partial charge in [-0.2, -0.15) is 5.26 Å². The molecule has 1 aliphatic heterocycles. The van der Waals surface area contributed by atoms with E-state index in [0.717, 1.165) is 32.4 Å². The van der Waals surface area contributed by atoms with Crippen molar-refractivity contribution in [1.82, 2.24) is 4.90 Å². The molecule has 0 spiro atoms. The SMILES string of the molecule is COC1CN(CCCCC(C)(N)C#N)CCC1C. The molecule has 1 fully saturated rings. The molecule has 1 aliphatic rings. The van der Waals surface area contributed by atoms with Crippen LogP contribution in [0.3, 0.4) is 0 Å². The molecule has 4 heteroatoms. The lowest BCUT2D eigenvalue weighted by molar-refractivity contribution is -0.00530. The number of unbranched alkanes of at least 4 members (excludes halogenated alkanes) is 1. The predicted octanol–water partition coefficient (Wildman–Crippen LogP) is 1.75. The Morgan fingerprint density at radius 1 is 1.50 bits per heavy atom. The van der Waals surface area contributed by atoms with E-state index in [9.17, 15) is 0 Å². The van der Waals surface area contributed by atoms with Gasteiger partial charge in [0.1, 0.15) is 5.54 Å². The summed E-state index contributed by atoms with van der Waals surface area (Å²) in [6.07, 6.45) is 4.49. The molecule has 1 saturated heterocycles. The quantitative estimate of drug-likeness (QED) is 0.733. The van der Waals surface area contributed by atoms with E-state index in [-0.39, 0.29) is 0 Å². The minimum atomic E-state index is -0.661. The number of likely N-dealkylation sites (tertiary alicyclic amines) is 1. The zero-order valence-electron chi connectivity index (χ0n) is 12.0. The van der Waals surface area contributed by atoms with Crippen LogP contribution in [0.25, 0.3) is 0 Å². The maximum atomic E-state index is 8.84. The van der Waals surface area contributed by atoms with Gasteiger partial charge >= 0.3 is 0 Å². The second-order valence-electron chi connectivity index (χ2n) is 5.83. The van der Waals surface area contributed by atoms with Gasteiger partial charge in [-0.25, -0.2) is 0 Å². The van der Waals surface area contributed by atoms with Crippen LogP contribution in [0.4, 0.5) is 0 Å². The van der Waals surface area contributed by atoms with E-state index in [2.05, 4.69) is 17.9 Å². The molecular weight excluding hydrogens is 226 g/mol. The molecule has 0 aromatic rings. The maximum Gasteiger partial charge on any atom is 0.101 e. The monoisotopic (exact) mass is 253 g/mol. The van der Waals surface area contributed by atoms with E-state index in [1.54, 1.807) is 14.0 Å². The van der Waals surface area contributed by atoms with Crippen molar-refractivity contribution in [2.24, 2.45) is 11.7 Å². The smallest absolute Gasteiger partial charge is 0.101 e. The zero-order valence-corrected chi connectivity index (χ0v) is 12.0. The summed E-state index contributed by atoms with van der Waals surface area (Å²) in [7, 11) is 1.80. The van der Waals surface area contributed by atoms with E-state index >= 15 is 0 Å². The molecule has 0 aromatic heterocycles. The molecule has 4 nitrogen and oxygen atoms in total. The Hall–Kier alpha value is -0.630. The van der Waals surface area contributed by atoms with Crippen molar-refractivity contribution in [2.75, 3.05) is 26.7 Å². The van der Waals surface area contributed by atoms with Crippen LogP contribution in [0.2, 0.25) is 0 Å².